The molecule has 0 spiro atoms. The molecule has 0 atom stereocenters. The number of carbonyl (C=O) groups excluding carboxylic acids is 1. The van der Waals surface area contributed by atoms with E-state index >= 15 is 0 Å². The molecule has 3 N–H and O–H groups in total. The zero-order chi connectivity index (χ0) is 22.3. The normalized spacial score (nSPS) is 11.8. The number of carbonyl (C=O) groups is 1. The lowest BCUT2D eigenvalue weighted by atomic mass is 10.1. The monoisotopic (exact) mass is 416 g/mol. The Morgan fingerprint density at radius 3 is 2.53 bits per heavy atom. The number of nitrogens with zero attached hydrogens (tertiary/aromatic N) is 2. The van der Waals surface area contributed by atoms with E-state index in [4.69, 9.17) is 15.2 Å². The first-order valence-corrected chi connectivity index (χ1v) is 8.86. The average molecular weight is 416 g/mol. The van der Waals surface area contributed by atoms with Crippen molar-refractivity contribution in [3.8, 4) is 11.5 Å². The minimum atomic E-state index is -0.782. The molecule has 158 valence electrons. The number of amides is 1. The molecule has 30 heavy (non-hydrogen) atoms. The number of aliphatic imine (C=N–C) groups is 2. The molecule has 0 saturated heterocycles. The van der Waals surface area contributed by atoms with Gasteiger partial charge in [0.25, 0.3) is 5.91 Å². The number of benzene rings is 2. The molecule has 2 aromatic carbocycles. The average Bonchev–Trinajstić information content (AvgIpc) is 2.73. The highest BCUT2D eigenvalue weighted by atomic mass is 19.1. The maximum atomic E-state index is 14.5. The Labute approximate surface area is 172 Å². The minimum Gasteiger partial charge on any atom is -0.496 e. The number of ether oxygens (including phenoxy) is 2. The Hall–Kier alpha value is -3.75. The third-order valence-corrected chi connectivity index (χ3v) is 4.02. The van der Waals surface area contributed by atoms with Gasteiger partial charge < -0.3 is 20.5 Å². The van der Waals surface area contributed by atoms with Crippen molar-refractivity contribution in [3.05, 3.63) is 59.2 Å². The lowest BCUT2D eigenvalue weighted by Gasteiger charge is -2.13. The SMILES string of the molecule is C=N/C(=C\C(=N/C)Nc1cc(C(N)=O)c(OC)cc1F)c1cc(F)ccc1OCC. The van der Waals surface area contributed by atoms with Gasteiger partial charge in [-0.3, -0.25) is 14.8 Å². The number of hydrogen-bond acceptors (Lipinski definition) is 5. The van der Waals surface area contributed by atoms with E-state index < -0.39 is 17.5 Å². The van der Waals surface area contributed by atoms with Gasteiger partial charge in [-0.2, -0.15) is 0 Å². The second-order valence-corrected chi connectivity index (χ2v) is 5.89. The van der Waals surface area contributed by atoms with Crippen molar-refractivity contribution in [1.29, 1.82) is 0 Å². The Balaban J connectivity index is 2.47. The molecule has 0 aromatic heterocycles. The summed E-state index contributed by atoms with van der Waals surface area (Å²) >= 11 is 0. The Kier molecular flexibility index (Phi) is 7.62. The van der Waals surface area contributed by atoms with Crippen LogP contribution in [0.15, 0.2) is 46.4 Å². The Morgan fingerprint density at radius 1 is 1.23 bits per heavy atom. The molecule has 0 heterocycles. The van der Waals surface area contributed by atoms with Crippen LogP contribution in [0.5, 0.6) is 11.5 Å². The lowest BCUT2D eigenvalue weighted by Crippen LogP contribution is -2.16. The summed E-state index contributed by atoms with van der Waals surface area (Å²) in [6.45, 7) is 5.67. The van der Waals surface area contributed by atoms with Crippen molar-refractivity contribution >= 4 is 29.8 Å². The number of halogens is 2. The molecule has 7 nitrogen and oxygen atoms in total. The van der Waals surface area contributed by atoms with Crippen LogP contribution in [0.1, 0.15) is 22.8 Å². The highest BCUT2D eigenvalue weighted by Gasteiger charge is 2.16. The van der Waals surface area contributed by atoms with Crippen LogP contribution in [0.2, 0.25) is 0 Å². The molecule has 0 aliphatic heterocycles. The van der Waals surface area contributed by atoms with Gasteiger partial charge in [-0.05, 0) is 37.9 Å². The van der Waals surface area contributed by atoms with Crippen molar-refractivity contribution < 1.29 is 23.0 Å². The molecule has 0 radical (unpaired) electrons. The summed E-state index contributed by atoms with van der Waals surface area (Å²) in [5, 5.41) is 2.76. The third-order valence-electron chi connectivity index (χ3n) is 4.02. The highest BCUT2D eigenvalue weighted by Crippen LogP contribution is 2.29. The van der Waals surface area contributed by atoms with E-state index in [1.54, 1.807) is 6.92 Å². The van der Waals surface area contributed by atoms with Crippen molar-refractivity contribution in [2.75, 3.05) is 26.1 Å². The van der Waals surface area contributed by atoms with Crippen LogP contribution in [0.3, 0.4) is 0 Å². The summed E-state index contributed by atoms with van der Waals surface area (Å²) in [5.74, 6) is -1.39. The largest absolute Gasteiger partial charge is 0.496 e. The van der Waals surface area contributed by atoms with Crippen molar-refractivity contribution in [1.82, 2.24) is 0 Å². The molecule has 0 bridgehead atoms. The van der Waals surface area contributed by atoms with Crippen LogP contribution < -0.4 is 20.5 Å². The van der Waals surface area contributed by atoms with Crippen LogP contribution in [-0.4, -0.2) is 39.2 Å². The fraction of sp³-hybridized carbons (Fsp3) is 0.190. The molecule has 1 amide bonds. The molecule has 9 heteroatoms. The maximum Gasteiger partial charge on any atom is 0.252 e. The first-order valence-electron chi connectivity index (χ1n) is 8.86. The molecule has 0 aliphatic carbocycles. The van der Waals surface area contributed by atoms with Crippen molar-refractivity contribution in [2.24, 2.45) is 15.7 Å². The number of nitrogens with one attached hydrogen (secondary N) is 1. The topological polar surface area (TPSA) is 98.3 Å². The van der Waals surface area contributed by atoms with Crippen molar-refractivity contribution in [2.45, 2.75) is 6.92 Å². The highest BCUT2D eigenvalue weighted by molar-refractivity contribution is 6.09. The smallest absolute Gasteiger partial charge is 0.252 e. The first-order chi connectivity index (χ1) is 14.3. The fourth-order valence-electron chi connectivity index (χ4n) is 2.63. The molecular weight excluding hydrogens is 394 g/mol. The quantitative estimate of drug-likeness (QED) is 0.507. The Morgan fingerprint density at radius 2 is 1.97 bits per heavy atom. The first kappa shape index (κ1) is 22.5. The molecule has 2 rings (SSSR count). The van der Waals surface area contributed by atoms with E-state index in [2.05, 4.69) is 22.0 Å². The predicted octanol–water partition coefficient (Wildman–Crippen LogP) is 3.65. The number of amidine groups is 1. The molecule has 0 fully saturated rings. The van der Waals surface area contributed by atoms with Gasteiger partial charge in [0.05, 0.1) is 30.7 Å². The summed E-state index contributed by atoms with van der Waals surface area (Å²) in [6, 6.07) is 6.24. The van der Waals surface area contributed by atoms with Gasteiger partial charge in [-0.15, -0.1) is 0 Å². The van der Waals surface area contributed by atoms with Gasteiger partial charge >= 0.3 is 0 Å². The van der Waals surface area contributed by atoms with Crippen molar-refractivity contribution in [3.63, 3.8) is 0 Å². The van der Waals surface area contributed by atoms with Crippen LogP contribution >= 0.6 is 0 Å². The standard InChI is InChI=1S/C21H22F2N4O3/c1-5-30-18-7-6-12(22)8-13(18)16(25-2)11-20(26-3)27-17-9-14(21(24)28)19(29-4)10-15(17)23/h6-11H,2,5H2,1,3-4H3,(H2,24,28)(H,26,27)/b16-11-. The fourth-order valence-corrected chi connectivity index (χ4v) is 2.63. The molecule has 2 aromatic rings. The molecule has 0 saturated carbocycles. The van der Waals surface area contributed by atoms with E-state index in [0.717, 1.165) is 6.07 Å². The predicted molar refractivity (Wildman–Crippen MR) is 114 cm³/mol. The van der Waals surface area contributed by atoms with E-state index in [-0.39, 0.29) is 28.5 Å². The summed E-state index contributed by atoms with van der Waals surface area (Å²) < 4.78 is 38.8. The van der Waals surface area contributed by atoms with Crippen LogP contribution in [0.4, 0.5) is 14.5 Å². The molecule has 0 unspecified atom stereocenters. The number of rotatable bonds is 8. The number of methoxy groups -OCH3 is 1. The molecule has 0 aliphatic rings. The van der Waals surface area contributed by atoms with Gasteiger partial charge in [0.15, 0.2) is 0 Å². The number of nitrogens with two attached hydrogens (primary N) is 1. The van der Waals surface area contributed by atoms with Gasteiger partial charge in [0.2, 0.25) is 0 Å². The van der Waals surface area contributed by atoms with Crippen LogP contribution in [0.25, 0.3) is 5.70 Å². The van der Waals surface area contributed by atoms with E-state index in [1.807, 2.05) is 0 Å². The van der Waals surface area contributed by atoms with E-state index in [0.29, 0.717) is 17.9 Å². The van der Waals surface area contributed by atoms with E-state index in [9.17, 15) is 13.6 Å². The van der Waals surface area contributed by atoms with Gasteiger partial charge in [0, 0.05) is 24.8 Å². The second kappa shape index (κ2) is 10.1. The van der Waals surface area contributed by atoms with Crippen LogP contribution in [-0.2, 0) is 0 Å². The number of primary amides is 1. The zero-order valence-corrected chi connectivity index (χ0v) is 16.8. The van der Waals surface area contributed by atoms with Gasteiger partial charge in [0.1, 0.15) is 29.0 Å². The maximum absolute atomic E-state index is 14.5. The summed E-state index contributed by atoms with van der Waals surface area (Å²) in [6.07, 6.45) is 1.44. The van der Waals surface area contributed by atoms with Crippen LogP contribution in [0, 0.1) is 11.6 Å². The molecular formula is C21H22F2N4O3. The zero-order valence-electron chi connectivity index (χ0n) is 16.8. The lowest BCUT2D eigenvalue weighted by molar-refractivity contribution is 0.0997. The summed E-state index contributed by atoms with van der Waals surface area (Å²) in [5.41, 5.74) is 5.85. The summed E-state index contributed by atoms with van der Waals surface area (Å²) in [7, 11) is 2.76. The minimum absolute atomic E-state index is 0.00523. The number of anilines is 1. The number of hydrogen-bond donors (Lipinski definition) is 2. The Bertz CT molecular complexity index is 1020. The summed E-state index contributed by atoms with van der Waals surface area (Å²) in [4.78, 5) is 19.6. The second-order valence-electron chi connectivity index (χ2n) is 5.89. The van der Waals surface area contributed by atoms with Gasteiger partial charge in [-0.1, -0.05) is 0 Å². The third kappa shape index (κ3) is 5.19. The van der Waals surface area contributed by atoms with E-state index in [1.165, 1.54) is 44.5 Å². The van der Waals surface area contributed by atoms with Gasteiger partial charge in [-0.25, -0.2) is 8.78 Å².